The van der Waals surface area contributed by atoms with E-state index in [2.05, 4.69) is 17.1 Å². The van der Waals surface area contributed by atoms with Gasteiger partial charge < -0.3 is 10.2 Å². The summed E-state index contributed by atoms with van der Waals surface area (Å²) in [6.45, 7) is 6.27. The van der Waals surface area contributed by atoms with Crippen LogP contribution in [-0.4, -0.2) is 37.0 Å². The van der Waals surface area contributed by atoms with Gasteiger partial charge in [-0.3, -0.25) is 4.79 Å². The highest BCUT2D eigenvalue weighted by molar-refractivity contribution is 5.82. The van der Waals surface area contributed by atoms with Gasteiger partial charge in [0.2, 0.25) is 5.91 Å². The van der Waals surface area contributed by atoms with E-state index in [-0.39, 0.29) is 5.41 Å². The molecule has 1 amide bonds. The molecule has 0 radical (unpaired) electrons. The predicted molar refractivity (Wildman–Crippen MR) is 72.2 cm³/mol. The van der Waals surface area contributed by atoms with E-state index < -0.39 is 0 Å². The molecule has 0 aromatic carbocycles. The molecule has 18 heavy (non-hydrogen) atoms. The number of nitrogens with zero attached hydrogens (tertiary/aromatic N) is 1. The van der Waals surface area contributed by atoms with Crippen molar-refractivity contribution in [2.45, 2.75) is 45.4 Å². The smallest absolute Gasteiger partial charge is 0.228 e. The van der Waals surface area contributed by atoms with E-state index in [0.717, 1.165) is 50.9 Å². The Balaban J connectivity index is 1.64. The second-order valence-electron chi connectivity index (χ2n) is 6.91. The molecule has 0 aromatic heterocycles. The second kappa shape index (κ2) is 4.84. The van der Waals surface area contributed by atoms with Crippen LogP contribution in [0.3, 0.4) is 0 Å². The Kier molecular flexibility index (Phi) is 3.35. The van der Waals surface area contributed by atoms with Crippen LogP contribution >= 0.6 is 0 Å². The normalized spacial score (nSPS) is 26.9. The van der Waals surface area contributed by atoms with Gasteiger partial charge >= 0.3 is 0 Å². The van der Waals surface area contributed by atoms with Gasteiger partial charge in [-0.15, -0.1) is 0 Å². The molecule has 1 saturated heterocycles. The van der Waals surface area contributed by atoms with Gasteiger partial charge in [-0.25, -0.2) is 0 Å². The SMILES string of the molecule is CC1(C(=O)N(CC2CC2)CC2CC2)CCNCC1. The first-order chi connectivity index (χ1) is 8.67. The summed E-state index contributed by atoms with van der Waals surface area (Å²) in [6, 6.07) is 0. The van der Waals surface area contributed by atoms with Gasteiger partial charge in [0.1, 0.15) is 0 Å². The molecule has 3 aliphatic rings. The largest absolute Gasteiger partial charge is 0.342 e. The summed E-state index contributed by atoms with van der Waals surface area (Å²) in [5.74, 6) is 2.08. The molecule has 2 saturated carbocycles. The van der Waals surface area contributed by atoms with Gasteiger partial charge in [-0.05, 0) is 63.5 Å². The zero-order valence-corrected chi connectivity index (χ0v) is 11.6. The van der Waals surface area contributed by atoms with Crippen LogP contribution in [-0.2, 0) is 4.79 Å². The van der Waals surface area contributed by atoms with Gasteiger partial charge in [-0.2, -0.15) is 0 Å². The van der Waals surface area contributed by atoms with Crippen molar-refractivity contribution in [3.05, 3.63) is 0 Å². The van der Waals surface area contributed by atoms with Gasteiger partial charge in [0.25, 0.3) is 0 Å². The maximum absolute atomic E-state index is 12.8. The third-order valence-corrected chi connectivity index (χ3v) is 4.86. The molecule has 1 heterocycles. The van der Waals surface area contributed by atoms with Crippen LogP contribution in [0.15, 0.2) is 0 Å². The van der Waals surface area contributed by atoms with E-state index in [1.807, 2.05) is 0 Å². The molecule has 0 spiro atoms. The molecule has 3 nitrogen and oxygen atoms in total. The van der Waals surface area contributed by atoms with Gasteiger partial charge in [0.15, 0.2) is 0 Å². The summed E-state index contributed by atoms with van der Waals surface area (Å²) in [5.41, 5.74) is -0.0883. The van der Waals surface area contributed by atoms with E-state index in [0.29, 0.717) is 5.91 Å². The van der Waals surface area contributed by atoms with Gasteiger partial charge in [-0.1, -0.05) is 6.92 Å². The fourth-order valence-electron chi connectivity index (χ4n) is 3.04. The lowest BCUT2D eigenvalue weighted by Crippen LogP contribution is -2.48. The minimum atomic E-state index is -0.0883. The van der Waals surface area contributed by atoms with Crippen LogP contribution in [0, 0.1) is 17.3 Å². The Morgan fingerprint density at radius 2 is 1.61 bits per heavy atom. The summed E-state index contributed by atoms with van der Waals surface area (Å²) in [7, 11) is 0. The topological polar surface area (TPSA) is 32.3 Å². The number of rotatable bonds is 5. The molecule has 0 bridgehead atoms. The first-order valence-corrected chi connectivity index (χ1v) is 7.67. The summed E-state index contributed by atoms with van der Waals surface area (Å²) >= 11 is 0. The Labute approximate surface area is 110 Å². The van der Waals surface area contributed by atoms with Crippen LogP contribution in [0.2, 0.25) is 0 Å². The fraction of sp³-hybridized carbons (Fsp3) is 0.933. The van der Waals surface area contributed by atoms with Crippen molar-refractivity contribution in [2.24, 2.45) is 17.3 Å². The highest BCUT2D eigenvalue weighted by Crippen LogP contribution is 2.37. The highest BCUT2D eigenvalue weighted by Gasteiger charge is 2.40. The molecule has 102 valence electrons. The number of carbonyl (C=O) groups is 1. The molecule has 3 rings (SSSR count). The number of carbonyl (C=O) groups excluding carboxylic acids is 1. The first-order valence-electron chi connectivity index (χ1n) is 7.67. The zero-order valence-electron chi connectivity index (χ0n) is 11.6. The molecule has 0 unspecified atom stereocenters. The summed E-state index contributed by atoms with van der Waals surface area (Å²) in [4.78, 5) is 15.1. The lowest BCUT2D eigenvalue weighted by atomic mass is 9.79. The van der Waals surface area contributed by atoms with Crippen LogP contribution in [0.25, 0.3) is 0 Å². The van der Waals surface area contributed by atoms with Crippen molar-refractivity contribution in [1.29, 1.82) is 0 Å². The van der Waals surface area contributed by atoms with E-state index in [4.69, 9.17) is 0 Å². The lowest BCUT2D eigenvalue weighted by molar-refractivity contribution is -0.143. The monoisotopic (exact) mass is 250 g/mol. The predicted octanol–water partition coefficient (Wildman–Crippen LogP) is 2.02. The standard InChI is InChI=1S/C15H26N2O/c1-15(6-8-16-9-7-15)14(18)17(10-12-2-3-12)11-13-4-5-13/h12-13,16H,2-11H2,1H3. The minimum Gasteiger partial charge on any atom is -0.342 e. The maximum atomic E-state index is 12.8. The summed E-state index contributed by atoms with van der Waals surface area (Å²) in [6.07, 6.45) is 7.38. The van der Waals surface area contributed by atoms with Crippen molar-refractivity contribution in [1.82, 2.24) is 10.2 Å². The number of hydrogen-bond donors (Lipinski definition) is 1. The van der Waals surface area contributed by atoms with Gasteiger partial charge in [0.05, 0.1) is 0 Å². The third kappa shape index (κ3) is 2.87. The average Bonchev–Trinajstić information content (AvgIpc) is 3.23. The van der Waals surface area contributed by atoms with Crippen LogP contribution in [0.4, 0.5) is 0 Å². The Hall–Kier alpha value is -0.570. The number of piperidine rings is 1. The van der Waals surface area contributed by atoms with Crippen LogP contribution in [0.1, 0.15) is 45.4 Å². The Bertz CT molecular complexity index is 300. The molecule has 3 fully saturated rings. The van der Waals surface area contributed by atoms with Crippen LogP contribution in [0.5, 0.6) is 0 Å². The van der Waals surface area contributed by atoms with Crippen molar-refractivity contribution < 1.29 is 4.79 Å². The first kappa shape index (κ1) is 12.5. The van der Waals surface area contributed by atoms with E-state index in [1.165, 1.54) is 25.7 Å². The second-order valence-corrected chi connectivity index (χ2v) is 6.91. The third-order valence-electron chi connectivity index (χ3n) is 4.86. The summed E-state index contributed by atoms with van der Waals surface area (Å²) in [5, 5.41) is 3.37. The maximum Gasteiger partial charge on any atom is 0.228 e. The quantitative estimate of drug-likeness (QED) is 0.809. The highest BCUT2D eigenvalue weighted by atomic mass is 16.2. The molecule has 1 N–H and O–H groups in total. The van der Waals surface area contributed by atoms with E-state index in [9.17, 15) is 4.79 Å². The van der Waals surface area contributed by atoms with Crippen molar-refractivity contribution in [3.63, 3.8) is 0 Å². The number of nitrogens with one attached hydrogen (secondary N) is 1. The molecule has 2 aliphatic carbocycles. The Morgan fingerprint density at radius 1 is 1.11 bits per heavy atom. The van der Waals surface area contributed by atoms with Crippen molar-refractivity contribution >= 4 is 5.91 Å². The lowest BCUT2D eigenvalue weighted by Gasteiger charge is -2.37. The zero-order chi connectivity index (χ0) is 12.6. The van der Waals surface area contributed by atoms with Crippen molar-refractivity contribution in [3.8, 4) is 0 Å². The molecular weight excluding hydrogens is 224 g/mol. The molecule has 3 heteroatoms. The average molecular weight is 250 g/mol. The Morgan fingerprint density at radius 3 is 2.06 bits per heavy atom. The fourth-order valence-corrected chi connectivity index (χ4v) is 3.04. The van der Waals surface area contributed by atoms with Crippen molar-refractivity contribution in [2.75, 3.05) is 26.2 Å². The molecule has 0 aromatic rings. The minimum absolute atomic E-state index is 0.0883. The summed E-state index contributed by atoms with van der Waals surface area (Å²) < 4.78 is 0. The van der Waals surface area contributed by atoms with Gasteiger partial charge in [0, 0.05) is 18.5 Å². The van der Waals surface area contributed by atoms with Crippen LogP contribution < -0.4 is 5.32 Å². The van der Waals surface area contributed by atoms with E-state index in [1.54, 1.807) is 0 Å². The molecule has 1 aliphatic heterocycles. The molecular formula is C15H26N2O. The number of hydrogen-bond acceptors (Lipinski definition) is 2. The number of amides is 1. The van der Waals surface area contributed by atoms with E-state index >= 15 is 0 Å². The molecule has 0 atom stereocenters.